The van der Waals surface area contributed by atoms with Gasteiger partial charge in [-0.3, -0.25) is 4.79 Å². The second-order valence-corrected chi connectivity index (χ2v) is 8.81. The summed E-state index contributed by atoms with van der Waals surface area (Å²) >= 11 is 0. The molecular formula is C27H27F2N3O2. The van der Waals surface area contributed by atoms with Gasteiger partial charge < -0.3 is 19.9 Å². The van der Waals surface area contributed by atoms with Gasteiger partial charge in [0.05, 0.1) is 19.3 Å². The predicted molar refractivity (Wildman–Crippen MR) is 130 cm³/mol. The highest BCUT2D eigenvalue weighted by molar-refractivity contribution is 6.07. The number of carbonyl (C=O) groups excluding carboxylic acids is 1. The fourth-order valence-electron chi connectivity index (χ4n) is 4.80. The molecular weight excluding hydrogens is 436 g/mol. The summed E-state index contributed by atoms with van der Waals surface area (Å²) < 4.78 is 33.0. The van der Waals surface area contributed by atoms with Crippen LogP contribution in [0.15, 0.2) is 66.7 Å². The summed E-state index contributed by atoms with van der Waals surface area (Å²) in [5, 5.41) is 3.38. The number of hydrogen-bond acceptors (Lipinski definition) is 4. The summed E-state index contributed by atoms with van der Waals surface area (Å²) in [6, 6.07) is 17.9. The monoisotopic (exact) mass is 463 g/mol. The summed E-state index contributed by atoms with van der Waals surface area (Å²) in [5.74, 6) is -0.791. The fraction of sp³-hybridized carbons (Fsp3) is 0.296. The van der Waals surface area contributed by atoms with Crippen molar-refractivity contribution in [2.75, 3.05) is 41.4 Å². The minimum atomic E-state index is -0.360. The molecule has 1 amide bonds. The molecule has 34 heavy (non-hydrogen) atoms. The molecule has 3 aromatic rings. The molecule has 0 aromatic heterocycles. The van der Waals surface area contributed by atoms with E-state index in [2.05, 4.69) is 10.2 Å². The maximum Gasteiger partial charge on any atom is 0.258 e. The van der Waals surface area contributed by atoms with E-state index in [0.717, 1.165) is 24.5 Å². The Morgan fingerprint density at radius 3 is 2.32 bits per heavy atom. The van der Waals surface area contributed by atoms with Crippen LogP contribution < -0.4 is 15.1 Å². The third-order valence-electron chi connectivity index (χ3n) is 6.54. The average Bonchev–Trinajstić information content (AvgIpc) is 2.86. The number of rotatable bonds is 4. The van der Waals surface area contributed by atoms with Crippen molar-refractivity contribution in [3.8, 4) is 0 Å². The molecule has 0 radical (unpaired) electrons. The average molecular weight is 464 g/mol. The molecule has 0 spiro atoms. The molecule has 3 aromatic carbocycles. The van der Waals surface area contributed by atoms with Gasteiger partial charge in [0.1, 0.15) is 11.6 Å². The van der Waals surface area contributed by atoms with Crippen molar-refractivity contribution in [2.24, 2.45) is 0 Å². The number of morpholine rings is 1. The number of carbonyl (C=O) groups is 1. The van der Waals surface area contributed by atoms with Crippen molar-refractivity contribution in [1.29, 1.82) is 0 Å². The molecule has 0 bridgehead atoms. The highest BCUT2D eigenvalue weighted by atomic mass is 19.1. The number of nitrogens with one attached hydrogen (secondary N) is 1. The molecule has 2 aliphatic rings. The van der Waals surface area contributed by atoms with Crippen LogP contribution in [-0.4, -0.2) is 38.3 Å². The van der Waals surface area contributed by atoms with E-state index in [1.54, 1.807) is 23.1 Å². The van der Waals surface area contributed by atoms with Crippen LogP contribution in [0.4, 0.5) is 25.8 Å². The summed E-state index contributed by atoms with van der Waals surface area (Å²) in [4.78, 5) is 17.6. The maximum absolute atomic E-state index is 14.2. The van der Waals surface area contributed by atoms with Gasteiger partial charge in [-0.05, 0) is 80.1 Å². The highest BCUT2D eigenvalue weighted by Crippen LogP contribution is 2.40. The smallest absolute Gasteiger partial charge is 0.258 e. The number of nitrogens with zero attached hydrogens (tertiary/aromatic N) is 2. The van der Waals surface area contributed by atoms with Crippen molar-refractivity contribution >= 4 is 23.0 Å². The molecule has 2 aliphatic heterocycles. The molecule has 0 saturated carbocycles. The van der Waals surface area contributed by atoms with Gasteiger partial charge in [0.25, 0.3) is 5.91 Å². The number of benzene rings is 3. The van der Waals surface area contributed by atoms with E-state index in [9.17, 15) is 13.6 Å². The van der Waals surface area contributed by atoms with Gasteiger partial charge in [0.2, 0.25) is 0 Å². The number of ether oxygens (including phenoxy) is 1. The van der Waals surface area contributed by atoms with Crippen molar-refractivity contribution < 1.29 is 18.3 Å². The van der Waals surface area contributed by atoms with Crippen molar-refractivity contribution in [3.05, 3.63) is 89.5 Å². The van der Waals surface area contributed by atoms with Crippen LogP contribution in [0, 0.1) is 11.6 Å². The zero-order valence-electron chi connectivity index (χ0n) is 19.0. The summed E-state index contributed by atoms with van der Waals surface area (Å²) in [5.41, 5.74) is 3.79. The van der Waals surface area contributed by atoms with Crippen molar-refractivity contribution in [3.63, 3.8) is 0 Å². The SMILES string of the molecule is C[C@H]1C[C@H](Nc2ccc(F)cc2)c2cc(F)ccc2N1C(=O)c1ccc(N2CCOCC2)cc1. The summed E-state index contributed by atoms with van der Waals surface area (Å²) in [6.07, 6.45) is 0.589. The Bertz CT molecular complexity index is 1160. The quantitative estimate of drug-likeness (QED) is 0.563. The molecule has 2 atom stereocenters. The van der Waals surface area contributed by atoms with E-state index in [4.69, 9.17) is 4.74 Å². The lowest BCUT2D eigenvalue weighted by Gasteiger charge is -2.40. The van der Waals surface area contributed by atoms with E-state index in [1.165, 1.54) is 24.3 Å². The van der Waals surface area contributed by atoms with Crippen LogP contribution in [0.5, 0.6) is 0 Å². The maximum atomic E-state index is 14.2. The Kier molecular flexibility index (Phi) is 6.20. The molecule has 1 saturated heterocycles. The van der Waals surface area contributed by atoms with Crippen molar-refractivity contribution in [1.82, 2.24) is 0 Å². The minimum absolute atomic E-state index is 0.117. The minimum Gasteiger partial charge on any atom is -0.378 e. The third-order valence-corrected chi connectivity index (χ3v) is 6.54. The lowest BCUT2D eigenvalue weighted by atomic mass is 9.90. The summed E-state index contributed by atoms with van der Waals surface area (Å²) in [6.45, 7) is 5.06. The van der Waals surface area contributed by atoms with E-state index >= 15 is 0 Å². The van der Waals surface area contributed by atoms with Gasteiger partial charge in [0, 0.05) is 47.3 Å². The van der Waals surface area contributed by atoms with Crippen LogP contribution >= 0.6 is 0 Å². The Balaban J connectivity index is 1.41. The van der Waals surface area contributed by atoms with Crippen LogP contribution in [0.25, 0.3) is 0 Å². The molecule has 5 nitrogen and oxygen atoms in total. The number of fused-ring (bicyclic) bond motifs is 1. The fourth-order valence-corrected chi connectivity index (χ4v) is 4.80. The molecule has 7 heteroatoms. The molecule has 1 N–H and O–H groups in total. The van der Waals surface area contributed by atoms with Crippen LogP contribution in [0.2, 0.25) is 0 Å². The molecule has 2 heterocycles. The third kappa shape index (κ3) is 4.48. The predicted octanol–water partition coefficient (Wildman–Crippen LogP) is 5.39. The molecule has 0 unspecified atom stereocenters. The zero-order valence-corrected chi connectivity index (χ0v) is 19.0. The van der Waals surface area contributed by atoms with Gasteiger partial charge in [0.15, 0.2) is 0 Å². The Hall–Kier alpha value is -3.45. The molecule has 176 valence electrons. The van der Waals surface area contributed by atoms with E-state index < -0.39 is 0 Å². The van der Waals surface area contributed by atoms with Gasteiger partial charge in [-0.25, -0.2) is 8.78 Å². The number of amides is 1. The second kappa shape index (κ2) is 9.43. The van der Waals surface area contributed by atoms with Gasteiger partial charge in [-0.15, -0.1) is 0 Å². The van der Waals surface area contributed by atoms with Crippen LogP contribution in [0.1, 0.15) is 35.3 Å². The van der Waals surface area contributed by atoms with E-state index in [0.29, 0.717) is 36.4 Å². The van der Waals surface area contributed by atoms with Crippen LogP contribution in [0.3, 0.4) is 0 Å². The normalized spacial score (nSPS) is 20.1. The molecule has 5 rings (SSSR count). The van der Waals surface area contributed by atoms with E-state index in [-0.39, 0.29) is 29.6 Å². The second-order valence-electron chi connectivity index (χ2n) is 8.81. The van der Waals surface area contributed by atoms with Gasteiger partial charge in [-0.2, -0.15) is 0 Å². The topological polar surface area (TPSA) is 44.8 Å². The first-order valence-electron chi connectivity index (χ1n) is 11.6. The number of anilines is 3. The molecule has 0 aliphatic carbocycles. The van der Waals surface area contributed by atoms with E-state index in [1.807, 2.05) is 31.2 Å². The highest BCUT2D eigenvalue weighted by Gasteiger charge is 2.34. The lowest BCUT2D eigenvalue weighted by Crippen LogP contribution is -2.44. The van der Waals surface area contributed by atoms with Crippen LogP contribution in [-0.2, 0) is 4.74 Å². The first-order chi connectivity index (χ1) is 16.5. The number of hydrogen-bond donors (Lipinski definition) is 1. The largest absolute Gasteiger partial charge is 0.378 e. The first kappa shape index (κ1) is 22.3. The lowest BCUT2D eigenvalue weighted by molar-refractivity contribution is 0.0974. The van der Waals surface area contributed by atoms with Crippen molar-refractivity contribution in [2.45, 2.75) is 25.4 Å². The number of halogens is 2. The van der Waals surface area contributed by atoms with Gasteiger partial charge >= 0.3 is 0 Å². The standard InChI is InChI=1S/C27H27F2N3O2/c1-18-16-25(30-22-7-4-20(28)5-8-22)24-17-21(29)6-11-26(24)32(18)27(33)19-2-9-23(10-3-19)31-12-14-34-15-13-31/h2-11,17-18,25,30H,12-16H2,1H3/t18-,25-/m0/s1. The Morgan fingerprint density at radius 2 is 1.62 bits per heavy atom. The Morgan fingerprint density at radius 1 is 0.941 bits per heavy atom. The zero-order chi connectivity index (χ0) is 23.7. The summed E-state index contributed by atoms with van der Waals surface area (Å²) in [7, 11) is 0. The molecule has 1 fully saturated rings. The van der Waals surface area contributed by atoms with Gasteiger partial charge in [-0.1, -0.05) is 0 Å². The Labute approximate surface area is 197 Å². The first-order valence-corrected chi connectivity index (χ1v) is 11.6.